The number of amides is 1. The molecule has 0 atom stereocenters. The Morgan fingerprint density at radius 3 is 2.05 bits per heavy atom. The number of rotatable bonds is 6. The van der Waals surface area contributed by atoms with E-state index >= 15 is 0 Å². The van der Waals surface area contributed by atoms with Crippen molar-refractivity contribution in [1.29, 1.82) is 5.26 Å². The first-order valence-corrected chi connectivity index (χ1v) is 7.21. The molecule has 1 amide bonds. The van der Waals surface area contributed by atoms with E-state index in [4.69, 9.17) is 0 Å². The molecule has 0 spiro atoms. The van der Waals surface area contributed by atoms with Crippen molar-refractivity contribution < 1.29 is 4.79 Å². The Morgan fingerprint density at radius 2 is 1.79 bits per heavy atom. The number of nitrogens with zero attached hydrogens (tertiary/aromatic N) is 3. The van der Waals surface area contributed by atoms with Gasteiger partial charge in [0.2, 0.25) is 5.91 Å². The summed E-state index contributed by atoms with van der Waals surface area (Å²) in [6, 6.07) is 2.24. The number of carbonyl (C=O) groups is 1. The van der Waals surface area contributed by atoms with E-state index in [-0.39, 0.29) is 11.4 Å². The first kappa shape index (κ1) is 16.0. The quantitative estimate of drug-likeness (QED) is 0.740. The van der Waals surface area contributed by atoms with E-state index in [0.29, 0.717) is 12.8 Å². The molecule has 0 saturated heterocycles. The lowest BCUT2D eigenvalue weighted by molar-refractivity contribution is -0.140. The van der Waals surface area contributed by atoms with E-state index in [2.05, 4.69) is 25.1 Å². The van der Waals surface area contributed by atoms with E-state index in [1.54, 1.807) is 4.90 Å². The summed E-state index contributed by atoms with van der Waals surface area (Å²) in [6.45, 7) is 4.56. The normalized spacial score (nSPS) is 17.7. The summed E-state index contributed by atoms with van der Waals surface area (Å²) in [6.07, 6.45) is 4.66. The molecule has 1 aliphatic carbocycles. The predicted octanol–water partition coefficient (Wildman–Crippen LogP) is 2.26. The van der Waals surface area contributed by atoms with Gasteiger partial charge in [0.1, 0.15) is 5.41 Å². The number of carbonyl (C=O) groups excluding carboxylic acids is 1. The molecule has 0 unspecified atom stereocenters. The molecule has 0 aliphatic heterocycles. The molecular formula is C15H27N3O. The van der Waals surface area contributed by atoms with Crippen molar-refractivity contribution in [1.82, 2.24) is 9.80 Å². The van der Waals surface area contributed by atoms with E-state index in [1.807, 2.05) is 20.9 Å². The molecule has 0 radical (unpaired) electrons. The maximum absolute atomic E-state index is 12.6. The van der Waals surface area contributed by atoms with Crippen molar-refractivity contribution in [2.24, 2.45) is 5.41 Å². The van der Waals surface area contributed by atoms with Crippen LogP contribution < -0.4 is 0 Å². The minimum atomic E-state index is -0.841. The topological polar surface area (TPSA) is 47.3 Å². The summed E-state index contributed by atoms with van der Waals surface area (Å²) in [5.74, 6) is -0.0203. The molecule has 0 bridgehead atoms. The van der Waals surface area contributed by atoms with Gasteiger partial charge in [0.25, 0.3) is 0 Å². The van der Waals surface area contributed by atoms with Crippen LogP contribution in [0.5, 0.6) is 0 Å². The van der Waals surface area contributed by atoms with Crippen LogP contribution in [0.4, 0.5) is 0 Å². The Kier molecular flexibility index (Phi) is 4.98. The van der Waals surface area contributed by atoms with Gasteiger partial charge < -0.3 is 9.80 Å². The highest BCUT2D eigenvalue weighted by Crippen LogP contribution is 2.37. The average Bonchev–Trinajstić information content (AvgIpc) is 2.35. The summed E-state index contributed by atoms with van der Waals surface area (Å²) < 4.78 is 0. The van der Waals surface area contributed by atoms with Gasteiger partial charge >= 0.3 is 0 Å². The minimum Gasteiger partial charge on any atom is -0.343 e. The molecule has 19 heavy (non-hydrogen) atoms. The fraction of sp³-hybridized carbons (Fsp3) is 0.867. The van der Waals surface area contributed by atoms with Crippen LogP contribution >= 0.6 is 0 Å². The van der Waals surface area contributed by atoms with Gasteiger partial charge in [0, 0.05) is 19.1 Å². The first-order valence-electron chi connectivity index (χ1n) is 7.21. The SMILES string of the molecule is CCC(C#N)(CC)C(=O)N(C)CC1(N(C)C)CCC1. The molecule has 0 aromatic carbocycles. The molecule has 1 aliphatic rings. The molecule has 0 aromatic rings. The maximum atomic E-state index is 12.6. The van der Waals surface area contributed by atoms with Crippen molar-refractivity contribution in [3.8, 4) is 6.07 Å². The number of likely N-dealkylation sites (N-methyl/N-ethyl adjacent to an activating group) is 2. The van der Waals surface area contributed by atoms with Gasteiger partial charge in [-0.1, -0.05) is 13.8 Å². The second-order valence-corrected chi connectivity index (χ2v) is 6.03. The maximum Gasteiger partial charge on any atom is 0.242 e. The van der Waals surface area contributed by atoms with Crippen LogP contribution in [-0.2, 0) is 4.79 Å². The van der Waals surface area contributed by atoms with Crippen LogP contribution in [0.1, 0.15) is 46.0 Å². The highest BCUT2D eigenvalue weighted by Gasteiger charge is 2.44. The van der Waals surface area contributed by atoms with E-state index < -0.39 is 5.41 Å². The zero-order valence-electron chi connectivity index (χ0n) is 13.0. The molecule has 0 aromatic heterocycles. The van der Waals surface area contributed by atoms with Gasteiger partial charge in [-0.25, -0.2) is 0 Å². The Hall–Kier alpha value is -1.08. The number of nitriles is 1. The highest BCUT2D eigenvalue weighted by molar-refractivity contribution is 5.85. The minimum absolute atomic E-state index is 0.0203. The van der Waals surface area contributed by atoms with Gasteiger partial charge in [-0.05, 0) is 46.2 Å². The van der Waals surface area contributed by atoms with Crippen LogP contribution in [0.2, 0.25) is 0 Å². The summed E-state index contributed by atoms with van der Waals surface area (Å²) in [5, 5.41) is 9.37. The average molecular weight is 265 g/mol. The lowest BCUT2D eigenvalue weighted by atomic mass is 9.74. The van der Waals surface area contributed by atoms with Gasteiger partial charge in [0.15, 0.2) is 0 Å². The third-order valence-corrected chi connectivity index (χ3v) is 4.94. The van der Waals surface area contributed by atoms with Crippen molar-refractivity contribution in [3.63, 3.8) is 0 Å². The molecule has 108 valence electrons. The van der Waals surface area contributed by atoms with E-state index in [9.17, 15) is 10.1 Å². The largest absolute Gasteiger partial charge is 0.343 e. The van der Waals surface area contributed by atoms with Crippen molar-refractivity contribution >= 4 is 5.91 Å². The Labute approximate surface area is 117 Å². The fourth-order valence-corrected chi connectivity index (χ4v) is 2.97. The van der Waals surface area contributed by atoms with E-state index in [1.165, 1.54) is 6.42 Å². The summed E-state index contributed by atoms with van der Waals surface area (Å²) in [5.41, 5.74) is -0.723. The third-order valence-electron chi connectivity index (χ3n) is 4.94. The van der Waals surface area contributed by atoms with Gasteiger partial charge in [0.05, 0.1) is 6.07 Å². The number of hydrogen-bond donors (Lipinski definition) is 0. The second kappa shape index (κ2) is 5.92. The van der Waals surface area contributed by atoms with Crippen LogP contribution in [0, 0.1) is 16.7 Å². The molecular weight excluding hydrogens is 238 g/mol. The van der Waals surface area contributed by atoms with Crippen molar-refractivity contribution in [2.75, 3.05) is 27.7 Å². The standard InChI is InChI=1S/C15H27N3O/c1-6-14(7-2,11-16)13(19)18(5)12-15(17(3)4)9-8-10-15/h6-10,12H2,1-5H3. The summed E-state index contributed by atoms with van der Waals surface area (Å²) in [4.78, 5) is 16.6. The molecule has 1 saturated carbocycles. The van der Waals surface area contributed by atoms with Crippen LogP contribution in [0.25, 0.3) is 0 Å². The lowest BCUT2D eigenvalue weighted by Crippen LogP contribution is -2.58. The predicted molar refractivity (Wildman–Crippen MR) is 76.5 cm³/mol. The summed E-state index contributed by atoms with van der Waals surface area (Å²) in [7, 11) is 5.99. The van der Waals surface area contributed by atoms with Gasteiger partial charge in [-0.3, -0.25) is 4.79 Å². The van der Waals surface area contributed by atoms with Gasteiger partial charge in [-0.2, -0.15) is 5.26 Å². The Balaban J connectivity index is 2.80. The zero-order chi connectivity index (χ0) is 14.7. The zero-order valence-corrected chi connectivity index (χ0v) is 13.0. The fourth-order valence-electron chi connectivity index (χ4n) is 2.97. The van der Waals surface area contributed by atoms with E-state index in [0.717, 1.165) is 19.4 Å². The monoisotopic (exact) mass is 265 g/mol. The lowest BCUT2D eigenvalue weighted by Gasteiger charge is -2.49. The van der Waals surface area contributed by atoms with Crippen LogP contribution in [-0.4, -0.2) is 48.9 Å². The van der Waals surface area contributed by atoms with Crippen LogP contribution in [0.15, 0.2) is 0 Å². The summed E-state index contributed by atoms with van der Waals surface area (Å²) >= 11 is 0. The van der Waals surface area contributed by atoms with Crippen LogP contribution in [0.3, 0.4) is 0 Å². The highest BCUT2D eigenvalue weighted by atomic mass is 16.2. The molecule has 0 N–H and O–H groups in total. The smallest absolute Gasteiger partial charge is 0.242 e. The molecule has 1 rings (SSSR count). The van der Waals surface area contributed by atoms with Crippen molar-refractivity contribution in [3.05, 3.63) is 0 Å². The first-order chi connectivity index (χ1) is 8.87. The molecule has 4 nitrogen and oxygen atoms in total. The number of hydrogen-bond acceptors (Lipinski definition) is 3. The Bertz CT molecular complexity index is 362. The van der Waals surface area contributed by atoms with Crippen molar-refractivity contribution in [2.45, 2.75) is 51.5 Å². The van der Waals surface area contributed by atoms with Gasteiger partial charge in [-0.15, -0.1) is 0 Å². The Morgan fingerprint density at radius 1 is 1.26 bits per heavy atom. The molecule has 4 heteroatoms. The second-order valence-electron chi connectivity index (χ2n) is 6.03. The molecule has 0 heterocycles. The third kappa shape index (κ3) is 2.76. The molecule has 1 fully saturated rings.